The van der Waals surface area contributed by atoms with Gasteiger partial charge in [-0.15, -0.1) is 0 Å². The Morgan fingerprint density at radius 2 is 2.47 bits per heavy atom. The highest BCUT2D eigenvalue weighted by atomic mass is 16.6. The van der Waals surface area contributed by atoms with E-state index < -0.39 is 5.79 Å². The first-order valence-electron chi connectivity index (χ1n) is 6.20. The molecule has 1 saturated heterocycles. The minimum absolute atomic E-state index is 0.127. The molecule has 0 spiro atoms. The van der Waals surface area contributed by atoms with Crippen molar-refractivity contribution in [2.45, 2.75) is 57.3 Å². The third-order valence-corrected chi connectivity index (χ3v) is 3.06. The lowest BCUT2D eigenvalue weighted by atomic mass is 9.97. The Balaban J connectivity index is 2.28. The molecule has 1 rings (SSSR count). The molecule has 0 radical (unpaired) electrons. The van der Waals surface area contributed by atoms with Gasteiger partial charge in [0.25, 0.3) is 0 Å². The van der Waals surface area contributed by atoms with E-state index in [9.17, 15) is 5.11 Å². The first-order valence-corrected chi connectivity index (χ1v) is 6.20. The van der Waals surface area contributed by atoms with Crippen LogP contribution < -0.4 is 0 Å². The maximum Gasteiger partial charge on any atom is 0.185 e. The van der Waals surface area contributed by atoms with Crippen molar-refractivity contribution in [1.82, 2.24) is 0 Å². The molecule has 0 aromatic heterocycles. The number of oxime groups is 1. The molecule has 0 aliphatic carbocycles. The van der Waals surface area contributed by atoms with Gasteiger partial charge in [-0.2, -0.15) is 0 Å². The van der Waals surface area contributed by atoms with E-state index in [1.54, 1.807) is 7.11 Å². The second-order valence-corrected chi connectivity index (χ2v) is 4.58. The van der Waals surface area contributed by atoms with Crippen LogP contribution in [0.4, 0.5) is 0 Å². The van der Waals surface area contributed by atoms with Gasteiger partial charge in [-0.1, -0.05) is 11.7 Å². The van der Waals surface area contributed by atoms with E-state index in [1.807, 2.05) is 6.92 Å². The van der Waals surface area contributed by atoms with Gasteiger partial charge in [0, 0.05) is 6.42 Å². The van der Waals surface area contributed by atoms with Gasteiger partial charge < -0.3 is 14.7 Å². The number of ether oxygens (including phenoxy) is 1. The van der Waals surface area contributed by atoms with E-state index in [-0.39, 0.29) is 6.10 Å². The molecule has 1 N–H and O–H groups in total. The van der Waals surface area contributed by atoms with Gasteiger partial charge in [-0.05, 0) is 45.1 Å². The minimum Gasteiger partial charge on any atom is -0.399 e. The topological polar surface area (TPSA) is 51.1 Å². The Morgan fingerprint density at radius 3 is 3.12 bits per heavy atom. The predicted octanol–water partition coefficient (Wildman–Crippen LogP) is 2.62. The molecular weight excluding hydrogens is 218 g/mol. The summed E-state index contributed by atoms with van der Waals surface area (Å²) in [6.07, 6.45) is 7.11. The van der Waals surface area contributed by atoms with Gasteiger partial charge in [0.15, 0.2) is 5.79 Å². The average molecular weight is 241 g/mol. The lowest BCUT2D eigenvalue weighted by Crippen LogP contribution is -2.38. The normalized spacial score (nSPS) is 30.1. The molecule has 0 aromatic carbocycles. The first kappa shape index (κ1) is 14.2. The standard InChI is InChI=1S/C13H23NO3/c1-4-13(15)10-6-9-12(17-13)8-5-7-11(2)14-16-3/h4,12,15H,1,5-10H2,2-3H3/t12-,13?/m0/s1. The van der Waals surface area contributed by atoms with Gasteiger partial charge in [0.2, 0.25) is 0 Å². The highest BCUT2D eigenvalue weighted by Crippen LogP contribution is 2.29. The molecule has 1 heterocycles. The molecular formula is C13H23NO3. The van der Waals surface area contributed by atoms with E-state index in [0.717, 1.165) is 37.8 Å². The molecule has 1 aliphatic heterocycles. The van der Waals surface area contributed by atoms with Crippen molar-refractivity contribution < 1.29 is 14.7 Å². The molecule has 0 amide bonds. The Morgan fingerprint density at radius 1 is 1.71 bits per heavy atom. The maximum atomic E-state index is 9.96. The van der Waals surface area contributed by atoms with Gasteiger partial charge >= 0.3 is 0 Å². The third kappa shape index (κ3) is 4.88. The fourth-order valence-corrected chi connectivity index (χ4v) is 2.13. The summed E-state index contributed by atoms with van der Waals surface area (Å²) in [5.41, 5.74) is 0.988. The zero-order valence-corrected chi connectivity index (χ0v) is 10.8. The van der Waals surface area contributed by atoms with Crippen molar-refractivity contribution in [3.8, 4) is 0 Å². The number of hydrogen-bond acceptors (Lipinski definition) is 4. The molecule has 0 bridgehead atoms. The molecule has 1 aliphatic rings. The van der Waals surface area contributed by atoms with Crippen molar-refractivity contribution in [1.29, 1.82) is 0 Å². The Hall–Kier alpha value is -0.870. The summed E-state index contributed by atoms with van der Waals surface area (Å²) in [7, 11) is 1.55. The van der Waals surface area contributed by atoms with E-state index >= 15 is 0 Å². The lowest BCUT2D eigenvalue weighted by molar-refractivity contribution is -0.222. The van der Waals surface area contributed by atoms with Crippen molar-refractivity contribution in [2.24, 2.45) is 5.16 Å². The highest BCUT2D eigenvalue weighted by molar-refractivity contribution is 5.81. The van der Waals surface area contributed by atoms with Crippen LogP contribution in [0.3, 0.4) is 0 Å². The van der Waals surface area contributed by atoms with Crippen LogP contribution in [0, 0.1) is 0 Å². The summed E-state index contributed by atoms with van der Waals surface area (Å²) < 4.78 is 5.63. The smallest absolute Gasteiger partial charge is 0.185 e. The molecule has 0 saturated carbocycles. The zero-order chi connectivity index (χ0) is 12.7. The number of hydrogen-bond donors (Lipinski definition) is 1. The van der Waals surface area contributed by atoms with E-state index in [0.29, 0.717) is 6.42 Å². The predicted molar refractivity (Wildman–Crippen MR) is 67.8 cm³/mol. The van der Waals surface area contributed by atoms with Crippen molar-refractivity contribution in [2.75, 3.05) is 7.11 Å². The van der Waals surface area contributed by atoms with E-state index in [4.69, 9.17) is 9.57 Å². The van der Waals surface area contributed by atoms with E-state index in [1.165, 1.54) is 6.08 Å². The fraction of sp³-hybridized carbons (Fsp3) is 0.769. The van der Waals surface area contributed by atoms with Crippen molar-refractivity contribution in [3.05, 3.63) is 12.7 Å². The average Bonchev–Trinajstić information content (AvgIpc) is 2.30. The molecule has 4 heteroatoms. The van der Waals surface area contributed by atoms with E-state index in [2.05, 4.69) is 11.7 Å². The van der Waals surface area contributed by atoms with Gasteiger partial charge in [-0.25, -0.2) is 0 Å². The van der Waals surface area contributed by atoms with Crippen LogP contribution in [0.1, 0.15) is 45.4 Å². The summed E-state index contributed by atoms with van der Waals surface area (Å²) in [6, 6.07) is 0. The minimum atomic E-state index is -1.11. The van der Waals surface area contributed by atoms with Crippen LogP contribution >= 0.6 is 0 Å². The second-order valence-electron chi connectivity index (χ2n) is 4.58. The molecule has 17 heavy (non-hydrogen) atoms. The SMILES string of the molecule is C=CC1(O)CCC[C@H](CCCC(C)=NOC)O1. The van der Waals surface area contributed by atoms with Gasteiger partial charge in [-0.3, -0.25) is 0 Å². The molecule has 1 fully saturated rings. The molecule has 4 nitrogen and oxygen atoms in total. The van der Waals surface area contributed by atoms with Crippen molar-refractivity contribution in [3.63, 3.8) is 0 Å². The molecule has 98 valence electrons. The van der Waals surface area contributed by atoms with Crippen molar-refractivity contribution >= 4 is 5.71 Å². The zero-order valence-electron chi connectivity index (χ0n) is 10.8. The highest BCUT2D eigenvalue weighted by Gasteiger charge is 2.31. The van der Waals surface area contributed by atoms with Gasteiger partial charge in [0.05, 0.1) is 11.8 Å². The summed E-state index contributed by atoms with van der Waals surface area (Å²) in [5.74, 6) is -1.11. The lowest BCUT2D eigenvalue weighted by Gasteiger charge is -2.35. The summed E-state index contributed by atoms with van der Waals surface area (Å²) in [5, 5.41) is 13.8. The number of rotatable bonds is 6. The first-order chi connectivity index (χ1) is 8.09. The Labute approximate surface area is 103 Å². The fourth-order valence-electron chi connectivity index (χ4n) is 2.13. The monoisotopic (exact) mass is 241 g/mol. The van der Waals surface area contributed by atoms with Crippen LogP contribution in [-0.4, -0.2) is 29.8 Å². The third-order valence-electron chi connectivity index (χ3n) is 3.06. The quantitative estimate of drug-likeness (QED) is 0.442. The molecule has 2 atom stereocenters. The Bertz CT molecular complexity index is 278. The number of nitrogens with zero attached hydrogens (tertiary/aromatic N) is 1. The van der Waals surface area contributed by atoms with Crippen LogP contribution in [0.2, 0.25) is 0 Å². The summed E-state index contributed by atoms with van der Waals surface area (Å²) in [6.45, 7) is 5.56. The Kier molecular flexibility index (Phi) is 5.65. The summed E-state index contributed by atoms with van der Waals surface area (Å²) in [4.78, 5) is 4.70. The van der Waals surface area contributed by atoms with Crippen LogP contribution in [0.15, 0.2) is 17.8 Å². The number of aliphatic hydroxyl groups is 1. The van der Waals surface area contributed by atoms with Crippen LogP contribution in [0.5, 0.6) is 0 Å². The van der Waals surface area contributed by atoms with Gasteiger partial charge in [0.1, 0.15) is 7.11 Å². The maximum absolute atomic E-state index is 9.96. The largest absolute Gasteiger partial charge is 0.399 e. The van der Waals surface area contributed by atoms with Crippen LogP contribution in [0.25, 0.3) is 0 Å². The molecule has 0 aromatic rings. The van der Waals surface area contributed by atoms with Crippen LogP contribution in [-0.2, 0) is 9.57 Å². The summed E-state index contributed by atoms with van der Waals surface area (Å²) >= 11 is 0. The molecule has 1 unspecified atom stereocenters. The second kappa shape index (κ2) is 6.77.